The van der Waals surface area contributed by atoms with Gasteiger partial charge in [0.2, 0.25) is 0 Å². The lowest BCUT2D eigenvalue weighted by Crippen LogP contribution is -2.60. The molecule has 0 aromatic heterocycles. The van der Waals surface area contributed by atoms with E-state index in [0.717, 1.165) is 31.6 Å². The Kier molecular flexibility index (Phi) is 5.65. The molecule has 0 aliphatic heterocycles. The molecule has 1 aliphatic carbocycles. The van der Waals surface area contributed by atoms with Crippen LogP contribution < -0.4 is 10.6 Å². The molecule has 5 nitrogen and oxygen atoms in total. The Morgan fingerprint density at radius 2 is 1.62 bits per heavy atom. The molecule has 1 aliphatic rings. The van der Waals surface area contributed by atoms with Crippen LogP contribution in [0.3, 0.4) is 0 Å². The average Bonchev–Trinajstić information content (AvgIpc) is 2.38. The molecule has 3 N–H and O–H groups in total. The van der Waals surface area contributed by atoms with Crippen LogP contribution in [-0.2, 0) is 4.79 Å². The summed E-state index contributed by atoms with van der Waals surface area (Å²) in [6, 6.07) is -0.0641. The summed E-state index contributed by atoms with van der Waals surface area (Å²) in [5.74, 6) is -0.134. The van der Waals surface area contributed by atoms with Gasteiger partial charge >= 0.3 is 12.0 Å². The second-order valence-corrected chi connectivity index (χ2v) is 7.28. The third-order valence-electron chi connectivity index (χ3n) is 5.28. The van der Waals surface area contributed by atoms with Crippen molar-refractivity contribution in [1.82, 2.24) is 10.6 Å². The summed E-state index contributed by atoms with van der Waals surface area (Å²) in [5, 5.41) is 15.1. The smallest absolute Gasteiger partial charge is 0.315 e. The number of carboxylic acids is 1. The van der Waals surface area contributed by atoms with Crippen molar-refractivity contribution < 1.29 is 14.7 Å². The molecule has 0 spiro atoms. The lowest BCUT2D eigenvalue weighted by atomic mass is 9.74. The molecule has 0 heterocycles. The Morgan fingerprint density at radius 1 is 1.10 bits per heavy atom. The molecule has 2 amide bonds. The second kappa shape index (κ2) is 6.67. The fourth-order valence-electron chi connectivity index (χ4n) is 2.64. The number of urea groups is 1. The van der Waals surface area contributed by atoms with Crippen LogP contribution in [0.4, 0.5) is 4.79 Å². The molecule has 0 atom stereocenters. The standard InChI is InChI=1S/C16H30N2O3/c1-6-11-7-9-12(10-8-11)17-14(21)18-16(4,5)15(2,3)13(19)20/h11-12H,6-10H2,1-5H3,(H,19,20)(H2,17,18,21). The van der Waals surface area contributed by atoms with Crippen molar-refractivity contribution in [2.45, 2.75) is 78.3 Å². The summed E-state index contributed by atoms with van der Waals surface area (Å²) in [6.45, 7) is 8.95. The summed E-state index contributed by atoms with van der Waals surface area (Å²) in [4.78, 5) is 23.5. The van der Waals surface area contributed by atoms with Crippen molar-refractivity contribution in [1.29, 1.82) is 0 Å². The predicted octanol–water partition coefficient (Wildman–Crippen LogP) is 3.14. The minimum absolute atomic E-state index is 0.205. The van der Waals surface area contributed by atoms with Crippen LogP contribution in [-0.4, -0.2) is 28.7 Å². The maximum Gasteiger partial charge on any atom is 0.315 e. The van der Waals surface area contributed by atoms with Gasteiger partial charge in [-0.1, -0.05) is 13.3 Å². The largest absolute Gasteiger partial charge is 0.481 e. The number of hydrogen-bond acceptors (Lipinski definition) is 2. The number of hydrogen-bond donors (Lipinski definition) is 3. The number of amides is 2. The summed E-state index contributed by atoms with van der Waals surface area (Å²) in [5.41, 5.74) is -1.87. The van der Waals surface area contributed by atoms with E-state index in [2.05, 4.69) is 17.6 Å². The first-order valence-electron chi connectivity index (χ1n) is 7.92. The Balaban J connectivity index is 2.52. The first-order valence-corrected chi connectivity index (χ1v) is 7.92. The van der Waals surface area contributed by atoms with Crippen LogP contribution in [0.5, 0.6) is 0 Å². The van der Waals surface area contributed by atoms with Gasteiger partial charge in [-0.2, -0.15) is 0 Å². The highest BCUT2D eigenvalue weighted by Crippen LogP contribution is 2.31. The zero-order chi connectivity index (χ0) is 16.3. The number of nitrogens with one attached hydrogen (secondary N) is 2. The molecule has 1 saturated carbocycles. The van der Waals surface area contributed by atoms with Crippen molar-refractivity contribution in [2.75, 3.05) is 0 Å². The summed E-state index contributed by atoms with van der Waals surface area (Å²) >= 11 is 0. The molecule has 0 aromatic carbocycles. The van der Waals surface area contributed by atoms with Gasteiger partial charge in [-0.25, -0.2) is 4.79 Å². The van der Waals surface area contributed by atoms with Crippen LogP contribution in [0.25, 0.3) is 0 Å². The first-order chi connectivity index (χ1) is 9.60. The first kappa shape index (κ1) is 17.8. The molecule has 21 heavy (non-hydrogen) atoms. The maximum atomic E-state index is 12.1. The molecule has 1 rings (SSSR count). The topological polar surface area (TPSA) is 78.4 Å². The zero-order valence-corrected chi connectivity index (χ0v) is 14.0. The maximum absolute atomic E-state index is 12.1. The molecule has 5 heteroatoms. The third kappa shape index (κ3) is 4.35. The molecule has 0 saturated heterocycles. The minimum atomic E-state index is -1.04. The van der Waals surface area contributed by atoms with Gasteiger partial charge in [0.15, 0.2) is 0 Å². The summed E-state index contributed by atoms with van der Waals surface area (Å²) < 4.78 is 0. The van der Waals surface area contributed by atoms with E-state index in [1.54, 1.807) is 27.7 Å². The van der Waals surface area contributed by atoms with Crippen LogP contribution in [0, 0.1) is 11.3 Å². The number of carbonyl (C=O) groups excluding carboxylic acids is 1. The molecule has 1 fully saturated rings. The van der Waals surface area contributed by atoms with Crippen LogP contribution in [0.1, 0.15) is 66.7 Å². The minimum Gasteiger partial charge on any atom is -0.481 e. The van der Waals surface area contributed by atoms with Crippen molar-refractivity contribution in [3.63, 3.8) is 0 Å². The van der Waals surface area contributed by atoms with Crippen LogP contribution >= 0.6 is 0 Å². The highest BCUT2D eigenvalue weighted by molar-refractivity contribution is 5.79. The molecule has 0 radical (unpaired) electrons. The molecule has 0 bridgehead atoms. The van der Waals surface area contributed by atoms with Crippen molar-refractivity contribution in [3.8, 4) is 0 Å². The van der Waals surface area contributed by atoms with E-state index in [1.807, 2.05) is 0 Å². The monoisotopic (exact) mass is 298 g/mol. The number of rotatable bonds is 5. The van der Waals surface area contributed by atoms with E-state index in [9.17, 15) is 14.7 Å². The lowest BCUT2D eigenvalue weighted by molar-refractivity contribution is -0.150. The van der Waals surface area contributed by atoms with Gasteiger partial charge in [-0.3, -0.25) is 4.79 Å². The summed E-state index contributed by atoms with van der Waals surface area (Å²) in [7, 11) is 0. The van der Waals surface area contributed by atoms with E-state index >= 15 is 0 Å². The number of carboxylic acid groups (broad SMARTS) is 1. The van der Waals surface area contributed by atoms with E-state index in [-0.39, 0.29) is 12.1 Å². The number of carbonyl (C=O) groups is 2. The molecule has 122 valence electrons. The SMILES string of the molecule is CCC1CCC(NC(=O)NC(C)(C)C(C)(C)C(=O)O)CC1. The van der Waals surface area contributed by atoms with Crippen LogP contribution in [0.2, 0.25) is 0 Å². The van der Waals surface area contributed by atoms with E-state index in [4.69, 9.17) is 0 Å². The van der Waals surface area contributed by atoms with Crippen molar-refractivity contribution >= 4 is 12.0 Å². The second-order valence-electron chi connectivity index (χ2n) is 7.28. The van der Waals surface area contributed by atoms with Gasteiger partial charge < -0.3 is 15.7 Å². The highest BCUT2D eigenvalue weighted by atomic mass is 16.4. The van der Waals surface area contributed by atoms with Crippen molar-refractivity contribution in [2.24, 2.45) is 11.3 Å². The quantitative estimate of drug-likeness (QED) is 0.729. The van der Waals surface area contributed by atoms with Gasteiger partial charge in [-0.15, -0.1) is 0 Å². The highest BCUT2D eigenvalue weighted by Gasteiger charge is 2.44. The van der Waals surface area contributed by atoms with Gasteiger partial charge in [-0.05, 0) is 59.3 Å². The Bertz CT molecular complexity index is 383. The molecule has 0 unspecified atom stereocenters. The van der Waals surface area contributed by atoms with Crippen LogP contribution in [0.15, 0.2) is 0 Å². The average molecular weight is 298 g/mol. The summed E-state index contributed by atoms with van der Waals surface area (Å²) in [6.07, 6.45) is 5.54. The normalized spacial score (nSPS) is 23.5. The fourth-order valence-corrected chi connectivity index (χ4v) is 2.64. The zero-order valence-electron chi connectivity index (χ0n) is 14.0. The molecular weight excluding hydrogens is 268 g/mol. The third-order valence-corrected chi connectivity index (χ3v) is 5.28. The lowest BCUT2D eigenvalue weighted by Gasteiger charge is -2.39. The van der Waals surface area contributed by atoms with E-state index in [0.29, 0.717) is 0 Å². The van der Waals surface area contributed by atoms with Gasteiger partial charge in [0.05, 0.1) is 11.0 Å². The van der Waals surface area contributed by atoms with Gasteiger partial charge in [0.1, 0.15) is 0 Å². The predicted molar refractivity (Wildman–Crippen MR) is 83.2 cm³/mol. The van der Waals surface area contributed by atoms with Crippen molar-refractivity contribution in [3.05, 3.63) is 0 Å². The number of aliphatic carboxylic acids is 1. The fraction of sp³-hybridized carbons (Fsp3) is 0.875. The van der Waals surface area contributed by atoms with Gasteiger partial charge in [0, 0.05) is 6.04 Å². The van der Waals surface area contributed by atoms with E-state index < -0.39 is 16.9 Å². The Morgan fingerprint density at radius 3 is 2.05 bits per heavy atom. The van der Waals surface area contributed by atoms with Gasteiger partial charge in [0.25, 0.3) is 0 Å². The van der Waals surface area contributed by atoms with E-state index in [1.165, 1.54) is 6.42 Å². The molecular formula is C16H30N2O3. The Hall–Kier alpha value is -1.26. The molecule has 0 aromatic rings. The Labute approximate surface area is 127 Å².